The van der Waals surface area contributed by atoms with Crippen LogP contribution in [0.15, 0.2) is 6.07 Å². The van der Waals surface area contributed by atoms with E-state index in [0.717, 1.165) is 43.5 Å². The Kier molecular flexibility index (Phi) is 5.39. The Balaban J connectivity index is 2.35. The van der Waals surface area contributed by atoms with Gasteiger partial charge in [0.25, 0.3) is 0 Å². The van der Waals surface area contributed by atoms with Crippen molar-refractivity contribution in [1.29, 1.82) is 0 Å². The lowest BCUT2D eigenvalue weighted by Gasteiger charge is -2.31. The lowest BCUT2D eigenvalue weighted by molar-refractivity contribution is 0.327. The fraction of sp³-hybridized carbons (Fsp3) is 0.750. The van der Waals surface area contributed by atoms with Crippen LogP contribution in [-0.2, 0) is 0 Å². The van der Waals surface area contributed by atoms with E-state index in [1.807, 2.05) is 7.05 Å². The summed E-state index contributed by atoms with van der Waals surface area (Å²) in [6.45, 7) is 9.89. The Labute approximate surface area is 128 Å². The molecule has 1 aliphatic heterocycles. The van der Waals surface area contributed by atoms with Crippen molar-refractivity contribution in [2.75, 3.05) is 43.9 Å². The van der Waals surface area contributed by atoms with Crippen molar-refractivity contribution in [2.24, 2.45) is 0 Å². The molecule has 0 aromatic carbocycles. The molecular weight excluding hydrogens is 262 g/mol. The van der Waals surface area contributed by atoms with Crippen molar-refractivity contribution < 1.29 is 0 Å². The smallest absolute Gasteiger partial charge is 0.135 e. The summed E-state index contributed by atoms with van der Waals surface area (Å²) in [6, 6.07) is 2.61. The van der Waals surface area contributed by atoms with E-state index < -0.39 is 0 Å². The molecule has 0 radical (unpaired) electrons. The number of nitrogens with one attached hydrogen (secondary N) is 1. The molecule has 21 heavy (non-hydrogen) atoms. The number of rotatable bonds is 4. The summed E-state index contributed by atoms with van der Waals surface area (Å²) in [5, 5.41) is 3.17. The van der Waals surface area contributed by atoms with E-state index in [9.17, 15) is 0 Å². The van der Waals surface area contributed by atoms with Crippen molar-refractivity contribution in [1.82, 2.24) is 14.9 Å². The Morgan fingerprint density at radius 2 is 2.10 bits per heavy atom. The maximum atomic E-state index is 4.83. The van der Waals surface area contributed by atoms with Crippen molar-refractivity contribution >= 4 is 11.6 Å². The van der Waals surface area contributed by atoms with E-state index in [2.05, 4.69) is 54.0 Å². The molecule has 118 valence electrons. The minimum atomic E-state index is 0.340. The monoisotopic (exact) mass is 291 g/mol. The summed E-state index contributed by atoms with van der Waals surface area (Å²) < 4.78 is 0. The molecule has 2 heterocycles. The molecule has 0 amide bonds. The van der Waals surface area contributed by atoms with Gasteiger partial charge in [0.1, 0.15) is 17.5 Å². The first kappa shape index (κ1) is 16.0. The maximum Gasteiger partial charge on any atom is 0.135 e. The summed E-state index contributed by atoms with van der Waals surface area (Å²) in [4.78, 5) is 14.3. The van der Waals surface area contributed by atoms with Gasteiger partial charge in [-0.2, -0.15) is 0 Å². The van der Waals surface area contributed by atoms with E-state index >= 15 is 0 Å². The highest BCUT2D eigenvalue weighted by molar-refractivity contribution is 5.50. The molecule has 1 saturated heterocycles. The third kappa shape index (κ3) is 3.84. The molecule has 1 aliphatic rings. The van der Waals surface area contributed by atoms with E-state index in [-0.39, 0.29) is 0 Å². The van der Waals surface area contributed by atoms with Crippen LogP contribution in [0.2, 0.25) is 0 Å². The van der Waals surface area contributed by atoms with Gasteiger partial charge in [-0.3, -0.25) is 0 Å². The van der Waals surface area contributed by atoms with Crippen molar-refractivity contribution in [3.63, 3.8) is 0 Å². The van der Waals surface area contributed by atoms with E-state index in [0.29, 0.717) is 12.0 Å². The Morgan fingerprint density at radius 1 is 1.33 bits per heavy atom. The standard InChI is InChI=1S/C16H29N5/c1-6-13-11-20(5)8-7-9-21(13)15-10-14(17-4)18-16(19-15)12(2)3/h10,12-13H,6-9,11H2,1-5H3,(H,17,18,19). The van der Waals surface area contributed by atoms with Gasteiger partial charge in [-0.1, -0.05) is 20.8 Å². The molecule has 5 nitrogen and oxygen atoms in total. The second kappa shape index (κ2) is 7.07. The molecule has 1 fully saturated rings. The normalized spacial score (nSPS) is 20.7. The average Bonchev–Trinajstić information content (AvgIpc) is 2.67. The largest absolute Gasteiger partial charge is 0.373 e. The molecule has 1 unspecified atom stereocenters. The van der Waals surface area contributed by atoms with Crippen molar-refractivity contribution in [3.8, 4) is 0 Å². The second-order valence-electron chi connectivity index (χ2n) is 6.25. The molecule has 1 atom stereocenters. The van der Waals surface area contributed by atoms with E-state index in [1.165, 1.54) is 6.42 Å². The molecule has 0 spiro atoms. The third-order valence-corrected chi connectivity index (χ3v) is 4.17. The number of hydrogen-bond acceptors (Lipinski definition) is 5. The van der Waals surface area contributed by atoms with Crippen LogP contribution in [0, 0.1) is 0 Å². The molecule has 1 aromatic rings. The quantitative estimate of drug-likeness (QED) is 0.923. The second-order valence-corrected chi connectivity index (χ2v) is 6.25. The predicted octanol–water partition coefficient (Wildman–Crippen LogP) is 2.56. The number of likely N-dealkylation sites (N-methyl/N-ethyl adjacent to an activating group) is 1. The lowest BCUT2D eigenvalue weighted by Crippen LogP contribution is -2.40. The van der Waals surface area contributed by atoms with Gasteiger partial charge in [0.05, 0.1) is 0 Å². The van der Waals surface area contributed by atoms with Gasteiger partial charge in [-0.15, -0.1) is 0 Å². The summed E-state index contributed by atoms with van der Waals surface area (Å²) in [5.41, 5.74) is 0. The molecule has 5 heteroatoms. The number of nitrogens with zero attached hydrogens (tertiary/aromatic N) is 4. The van der Waals surface area contributed by atoms with Crippen LogP contribution in [0.3, 0.4) is 0 Å². The van der Waals surface area contributed by atoms with Gasteiger partial charge < -0.3 is 15.1 Å². The highest BCUT2D eigenvalue weighted by atomic mass is 15.3. The molecule has 0 aliphatic carbocycles. The SMILES string of the molecule is CCC1CN(C)CCCN1c1cc(NC)nc(C(C)C)n1. The van der Waals surface area contributed by atoms with Crippen LogP contribution >= 0.6 is 0 Å². The molecule has 0 bridgehead atoms. The highest BCUT2D eigenvalue weighted by Gasteiger charge is 2.24. The van der Waals surface area contributed by atoms with Crippen LogP contribution in [0.1, 0.15) is 45.4 Å². The molecule has 0 saturated carbocycles. The average molecular weight is 291 g/mol. The van der Waals surface area contributed by atoms with Crippen LogP contribution in [0.5, 0.6) is 0 Å². The molecule has 2 rings (SSSR count). The third-order valence-electron chi connectivity index (χ3n) is 4.17. The fourth-order valence-electron chi connectivity index (χ4n) is 2.88. The van der Waals surface area contributed by atoms with Gasteiger partial charge >= 0.3 is 0 Å². The van der Waals surface area contributed by atoms with Crippen molar-refractivity contribution in [2.45, 2.75) is 45.6 Å². The van der Waals surface area contributed by atoms with Crippen LogP contribution in [0.4, 0.5) is 11.6 Å². The van der Waals surface area contributed by atoms with Crippen LogP contribution in [0.25, 0.3) is 0 Å². The number of hydrogen-bond donors (Lipinski definition) is 1. The minimum absolute atomic E-state index is 0.340. The Hall–Kier alpha value is -1.36. The van der Waals surface area contributed by atoms with Crippen molar-refractivity contribution in [3.05, 3.63) is 11.9 Å². The Bertz CT molecular complexity index is 460. The van der Waals surface area contributed by atoms with Crippen LogP contribution in [-0.4, -0.2) is 54.6 Å². The minimum Gasteiger partial charge on any atom is -0.373 e. The summed E-state index contributed by atoms with van der Waals surface area (Å²) in [5.74, 6) is 3.24. The summed E-state index contributed by atoms with van der Waals surface area (Å²) in [6.07, 6.45) is 2.32. The molecule has 1 N–H and O–H groups in total. The van der Waals surface area contributed by atoms with Gasteiger partial charge in [0.15, 0.2) is 0 Å². The van der Waals surface area contributed by atoms with Gasteiger partial charge in [0.2, 0.25) is 0 Å². The van der Waals surface area contributed by atoms with E-state index in [4.69, 9.17) is 4.98 Å². The summed E-state index contributed by atoms with van der Waals surface area (Å²) >= 11 is 0. The first-order chi connectivity index (χ1) is 10.0. The maximum absolute atomic E-state index is 4.83. The van der Waals surface area contributed by atoms with Gasteiger partial charge in [-0.25, -0.2) is 9.97 Å². The van der Waals surface area contributed by atoms with E-state index in [1.54, 1.807) is 0 Å². The summed E-state index contributed by atoms with van der Waals surface area (Å²) in [7, 11) is 4.13. The van der Waals surface area contributed by atoms with Gasteiger partial charge in [0, 0.05) is 38.2 Å². The fourth-order valence-corrected chi connectivity index (χ4v) is 2.88. The van der Waals surface area contributed by atoms with Crippen LogP contribution < -0.4 is 10.2 Å². The lowest BCUT2D eigenvalue weighted by atomic mass is 10.1. The van der Waals surface area contributed by atoms with Gasteiger partial charge in [-0.05, 0) is 26.4 Å². The molecular formula is C16H29N5. The highest BCUT2D eigenvalue weighted by Crippen LogP contribution is 2.24. The predicted molar refractivity (Wildman–Crippen MR) is 89.2 cm³/mol. The first-order valence-electron chi connectivity index (χ1n) is 8.07. The molecule has 1 aromatic heterocycles. The number of aromatic nitrogens is 2. The number of anilines is 2. The zero-order valence-corrected chi connectivity index (χ0v) is 14.1. The zero-order chi connectivity index (χ0) is 15.4. The Morgan fingerprint density at radius 3 is 2.71 bits per heavy atom. The zero-order valence-electron chi connectivity index (χ0n) is 14.1. The first-order valence-corrected chi connectivity index (χ1v) is 8.07. The topological polar surface area (TPSA) is 44.3 Å².